The van der Waals surface area contributed by atoms with E-state index in [2.05, 4.69) is 4.90 Å². The van der Waals surface area contributed by atoms with E-state index in [1.165, 1.54) is 6.07 Å². The van der Waals surface area contributed by atoms with E-state index in [4.69, 9.17) is 9.47 Å². The first-order valence-corrected chi connectivity index (χ1v) is 10.6. The van der Waals surface area contributed by atoms with E-state index in [0.29, 0.717) is 13.1 Å². The minimum Gasteiger partial charge on any atom is -0.497 e. The van der Waals surface area contributed by atoms with E-state index in [9.17, 15) is 13.2 Å². The standard InChI is InChI=1S/C20H22N2O5S/c1-26-15-5-4-6-16(13-15)27-17-9-10-21(14-17)11-12-22-20(23)18-7-2-3-8-19(18)28(22,24)25/h2-8,13,17H,9-12,14H2,1H3. The normalized spacial score (nSPS) is 21.0. The van der Waals surface area contributed by atoms with Crippen LogP contribution in [-0.4, -0.2) is 62.9 Å². The lowest BCUT2D eigenvalue weighted by Gasteiger charge is -2.21. The van der Waals surface area contributed by atoms with Crippen LogP contribution in [0.15, 0.2) is 53.4 Å². The summed E-state index contributed by atoms with van der Waals surface area (Å²) >= 11 is 0. The number of benzene rings is 2. The summed E-state index contributed by atoms with van der Waals surface area (Å²) in [7, 11) is -2.13. The lowest BCUT2D eigenvalue weighted by Crippen LogP contribution is -2.38. The average Bonchev–Trinajstić information content (AvgIpc) is 3.22. The molecule has 0 bridgehead atoms. The summed E-state index contributed by atoms with van der Waals surface area (Å²) in [6.07, 6.45) is 0.869. The number of sulfonamides is 1. The van der Waals surface area contributed by atoms with Crippen LogP contribution in [0.4, 0.5) is 0 Å². The van der Waals surface area contributed by atoms with Crippen molar-refractivity contribution in [3.8, 4) is 11.5 Å². The van der Waals surface area contributed by atoms with Crippen LogP contribution in [0, 0.1) is 0 Å². The minimum atomic E-state index is -3.75. The van der Waals surface area contributed by atoms with Crippen molar-refractivity contribution in [2.45, 2.75) is 17.4 Å². The zero-order valence-electron chi connectivity index (χ0n) is 15.6. The third-order valence-electron chi connectivity index (χ3n) is 5.10. The monoisotopic (exact) mass is 402 g/mol. The zero-order chi connectivity index (χ0) is 19.7. The van der Waals surface area contributed by atoms with Gasteiger partial charge in [0.25, 0.3) is 15.9 Å². The molecule has 0 aliphatic carbocycles. The number of hydrogen-bond acceptors (Lipinski definition) is 6. The number of nitrogens with zero attached hydrogens (tertiary/aromatic N) is 2. The van der Waals surface area contributed by atoms with Gasteiger partial charge in [-0.15, -0.1) is 0 Å². The lowest BCUT2D eigenvalue weighted by molar-refractivity contribution is 0.0861. The van der Waals surface area contributed by atoms with Gasteiger partial charge in [0.15, 0.2) is 0 Å². The lowest BCUT2D eigenvalue weighted by atomic mass is 10.2. The number of likely N-dealkylation sites (tertiary alicyclic amines) is 1. The molecular weight excluding hydrogens is 380 g/mol. The Labute approximate surface area is 164 Å². The summed E-state index contributed by atoms with van der Waals surface area (Å²) in [5.74, 6) is 1.04. The molecule has 2 aliphatic heterocycles. The highest BCUT2D eigenvalue weighted by atomic mass is 32.2. The van der Waals surface area contributed by atoms with Crippen molar-refractivity contribution in [2.75, 3.05) is 33.3 Å². The molecule has 8 heteroatoms. The van der Waals surface area contributed by atoms with Crippen molar-refractivity contribution in [2.24, 2.45) is 0 Å². The molecule has 1 unspecified atom stereocenters. The fourth-order valence-electron chi connectivity index (χ4n) is 3.65. The maximum absolute atomic E-state index is 12.6. The zero-order valence-corrected chi connectivity index (χ0v) is 16.4. The number of amides is 1. The number of hydrogen-bond donors (Lipinski definition) is 0. The minimum absolute atomic E-state index is 0.0233. The molecule has 7 nitrogen and oxygen atoms in total. The van der Waals surface area contributed by atoms with Gasteiger partial charge in [-0.25, -0.2) is 12.7 Å². The molecule has 2 aromatic carbocycles. The summed E-state index contributed by atoms with van der Waals surface area (Å²) in [6, 6.07) is 13.8. The molecule has 1 saturated heterocycles. The van der Waals surface area contributed by atoms with Crippen molar-refractivity contribution >= 4 is 15.9 Å². The highest BCUT2D eigenvalue weighted by Gasteiger charge is 2.40. The maximum Gasteiger partial charge on any atom is 0.269 e. The van der Waals surface area contributed by atoms with E-state index >= 15 is 0 Å². The molecule has 2 aliphatic rings. The molecule has 1 fully saturated rings. The maximum atomic E-state index is 12.6. The predicted octanol–water partition coefficient (Wildman–Crippen LogP) is 1.99. The van der Waals surface area contributed by atoms with Crippen LogP contribution < -0.4 is 9.47 Å². The van der Waals surface area contributed by atoms with E-state index < -0.39 is 15.9 Å². The summed E-state index contributed by atoms with van der Waals surface area (Å²) in [6.45, 7) is 2.11. The Morgan fingerprint density at radius 3 is 2.64 bits per heavy atom. The van der Waals surface area contributed by atoms with Crippen LogP contribution in [-0.2, 0) is 10.0 Å². The number of carbonyl (C=O) groups is 1. The number of rotatable bonds is 6. The van der Waals surface area contributed by atoms with Gasteiger partial charge >= 0.3 is 0 Å². The van der Waals surface area contributed by atoms with Crippen LogP contribution in [0.25, 0.3) is 0 Å². The van der Waals surface area contributed by atoms with Crippen LogP contribution in [0.1, 0.15) is 16.8 Å². The summed E-state index contributed by atoms with van der Waals surface area (Å²) in [5, 5.41) is 0. The van der Waals surface area contributed by atoms with Crippen LogP contribution in [0.3, 0.4) is 0 Å². The smallest absolute Gasteiger partial charge is 0.269 e. The van der Waals surface area contributed by atoms with Gasteiger partial charge in [-0.1, -0.05) is 18.2 Å². The molecule has 2 aromatic rings. The van der Waals surface area contributed by atoms with Crippen molar-refractivity contribution in [1.82, 2.24) is 9.21 Å². The molecule has 0 saturated carbocycles. The van der Waals surface area contributed by atoms with E-state index in [1.54, 1.807) is 25.3 Å². The third kappa shape index (κ3) is 3.45. The second-order valence-corrected chi connectivity index (χ2v) is 8.72. The van der Waals surface area contributed by atoms with Gasteiger partial charge in [0.2, 0.25) is 0 Å². The average molecular weight is 402 g/mol. The molecule has 4 rings (SSSR count). The molecule has 28 heavy (non-hydrogen) atoms. The summed E-state index contributed by atoms with van der Waals surface area (Å²) in [5.41, 5.74) is 0.253. The number of ether oxygens (including phenoxy) is 2. The Bertz CT molecular complexity index is 992. The van der Waals surface area contributed by atoms with Gasteiger partial charge in [0.1, 0.15) is 22.5 Å². The van der Waals surface area contributed by atoms with Crippen molar-refractivity contribution in [1.29, 1.82) is 0 Å². The quantitative estimate of drug-likeness (QED) is 0.736. The SMILES string of the molecule is COc1cccc(OC2CCN(CCN3C(=O)c4ccccc4S3(=O)=O)C2)c1. The predicted molar refractivity (Wildman–Crippen MR) is 103 cm³/mol. The fraction of sp³-hybridized carbons (Fsp3) is 0.350. The van der Waals surface area contributed by atoms with Gasteiger partial charge in [-0.2, -0.15) is 0 Å². The molecule has 0 radical (unpaired) electrons. The largest absolute Gasteiger partial charge is 0.497 e. The van der Waals surface area contributed by atoms with Gasteiger partial charge in [-0.3, -0.25) is 9.69 Å². The number of carbonyl (C=O) groups excluding carboxylic acids is 1. The van der Waals surface area contributed by atoms with E-state index in [-0.39, 0.29) is 23.1 Å². The first-order valence-electron chi connectivity index (χ1n) is 9.18. The Balaban J connectivity index is 1.35. The van der Waals surface area contributed by atoms with Crippen LogP contribution in [0.2, 0.25) is 0 Å². The van der Waals surface area contributed by atoms with Crippen molar-refractivity contribution in [3.63, 3.8) is 0 Å². The van der Waals surface area contributed by atoms with Crippen molar-refractivity contribution in [3.05, 3.63) is 54.1 Å². The second kappa shape index (κ2) is 7.44. The highest BCUT2D eigenvalue weighted by Crippen LogP contribution is 2.30. The molecule has 2 heterocycles. The Morgan fingerprint density at radius 2 is 1.86 bits per heavy atom. The Morgan fingerprint density at radius 1 is 1.07 bits per heavy atom. The third-order valence-corrected chi connectivity index (χ3v) is 6.94. The Hall–Kier alpha value is -2.58. The highest BCUT2D eigenvalue weighted by molar-refractivity contribution is 7.90. The summed E-state index contributed by atoms with van der Waals surface area (Å²) < 4.78 is 37.4. The van der Waals surface area contributed by atoms with Gasteiger partial charge in [0.05, 0.1) is 19.2 Å². The van der Waals surface area contributed by atoms with Crippen LogP contribution >= 0.6 is 0 Å². The molecule has 148 valence electrons. The van der Waals surface area contributed by atoms with E-state index in [0.717, 1.165) is 28.8 Å². The van der Waals surface area contributed by atoms with Gasteiger partial charge in [-0.05, 0) is 30.7 Å². The first kappa shape index (κ1) is 18.8. The summed E-state index contributed by atoms with van der Waals surface area (Å²) in [4.78, 5) is 14.7. The fourth-order valence-corrected chi connectivity index (χ4v) is 5.21. The van der Waals surface area contributed by atoms with Crippen molar-refractivity contribution < 1.29 is 22.7 Å². The molecule has 0 N–H and O–H groups in total. The van der Waals surface area contributed by atoms with Crippen LogP contribution in [0.5, 0.6) is 11.5 Å². The first-order chi connectivity index (χ1) is 13.5. The second-order valence-electron chi connectivity index (χ2n) is 6.89. The Kier molecular flexibility index (Phi) is 4.99. The molecule has 1 atom stereocenters. The molecule has 0 aromatic heterocycles. The topological polar surface area (TPSA) is 76.2 Å². The van der Waals surface area contributed by atoms with Gasteiger partial charge in [0, 0.05) is 25.7 Å². The number of fused-ring (bicyclic) bond motifs is 1. The van der Waals surface area contributed by atoms with E-state index in [1.807, 2.05) is 24.3 Å². The molecular formula is C20H22N2O5S. The molecule has 0 spiro atoms. The van der Waals surface area contributed by atoms with Gasteiger partial charge < -0.3 is 9.47 Å². The number of methoxy groups -OCH3 is 1. The molecule has 1 amide bonds.